The molecule has 1 heterocycles. The number of carbonyl (C=O) groups excluding carboxylic acids is 1. The average Bonchev–Trinajstić information content (AvgIpc) is 2.63. The largest absolute Gasteiger partial charge is 0.483 e. The minimum Gasteiger partial charge on any atom is -0.483 e. The maximum Gasteiger partial charge on any atom is 0.258 e. The number of nitrogens with one attached hydrogen (secondary N) is 1. The predicted octanol–water partition coefficient (Wildman–Crippen LogP) is 3.46. The van der Waals surface area contributed by atoms with Crippen LogP contribution in [0.5, 0.6) is 5.75 Å². The number of ether oxygens (including phenoxy) is 1. The second-order valence-electron chi connectivity index (χ2n) is 7.30. The number of rotatable bonds is 5. The van der Waals surface area contributed by atoms with Gasteiger partial charge in [-0.25, -0.2) is 8.42 Å². The monoisotopic (exact) mass is 399 g/mol. The Morgan fingerprint density at radius 1 is 1.12 bits per heavy atom. The van der Waals surface area contributed by atoms with Gasteiger partial charge in [0.05, 0.1) is 11.5 Å². The van der Waals surface area contributed by atoms with E-state index in [9.17, 15) is 13.2 Å². The van der Waals surface area contributed by atoms with Gasteiger partial charge in [-0.1, -0.05) is 30.9 Å². The van der Waals surface area contributed by atoms with Crippen LogP contribution in [0.4, 0.5) is 0 Å². The van der Waals surface area contributed by atoms with Gasteiger partial charge in [-0.3, -0.25) is 4.79 Å². The van der Waals surface area contributed by atoms with E-state index in [-0.39, 0.29) is 30.1 Å². The lowest BCUT2D eigenvalue weighted by atomic mass is 9.84. The van der Waals surface area contributed by atoms with Crippen molar-refractivity contribution in [1.29, 1.82) is 0 Å². The van der Waals surface area contributed by atoms with Gasteiger partial charge in [-0.2, -0.15) is 0 Å². The van der Waals surface area contributed by atoms with Crippen LogP contribution >= 0.6 is 11.6 Å². The molecule has 0 aromatic heterocycles. The molecule has 1 aromatic rings. The van der Waals surface area contributed by atoms with E-state index in [0.29, 0.717) is 23.8 Å². The standard InChI is InChI=1S/C19H26ClNO4S/c20-15-6-7-18(17(12-15)14-4-2-1-3-5-14)25-13-19(22)21-16-8-10-26(23,24)11-9-16/h6-7,12,14,16H,1-5,8-11,13H2,(H,21,22). The van der Waals surface area contributed by atoms with E-state index in [2.05, 4.69) is 5.32 Å². The van der Waals surface area contributed by atoms with E-state index in [0.717, 1.165) is 24.2 Å². The molecular weight excluding hydrogens is 374 g/mol. The van der Waals surface area contributed by atoms with Gasteiger partial charge < -0.3 is 10.1 Å². The third-order valence-corrected chi connectivity index (χ3v) is 7.25. The lowest BCUT2D eigenvalue weighted by Gasteiger charge is -2.25. The molecule has 144 valence electrons. The summed E-state index contributed by atoms with van der Waals surface area (Å²) in [5, 5.41) is 3.57. The summed E-state index contributed by atoms with van der Waals surface area (Å²) in [6.45, 7) is -0.0649. The minimum absolute atomic E-state index is 0.0649. The van der Waals surface area contributed by atoms with Crippen LogP contribution in [0, 0.1) is 0 Å². The summed E-state index contributed by atoms with van der Waals surface area (Å²) < 4.78 is 28.7. The summed E-state index contributed by atoms with van der Waals surface area (Å²) in [5.74, 6) is 1.23. The number of halogens is 1. The van der Waals surface area contributed by atoms with Crippen molar-refractivity contribution in [3.63, 3.8) is 0 Å². The number of sulfone groups is 1. The van der Waals surface area contributed by atoms with Gasteiger partial charge in [-0.15, -0.1) is 0 Å². The van der Waals surface area contributed by atoms with Crippen LogP contribution in [-0.4, -0.2) is 38.5 Å². The second kappa shape index (κ2) is 8.61. The molecule has 1 aliphatic heterocycles. The highest BCUT2D eigenvalue weighted by Gasteiger charge is 2.25. The van der Waals surface area contributed by atoms with Crippen molar-refractivity contribution in [1.82, 2.24) is 5.32 Å². The molecule has 0 atom stereocenters. The Labute approximate surface area is 160 Å². The van der Waals surface area contributed by atoms with Crippen molar-refractivity contribution >= 4 is 27.3 Å². The van der Waals surface area contributed by atoms with Gasteiger partial charge >= 0.3 is 0 Å². The van der Waals surface area contributed by atoms with Gasteiger partial charge in [0.25, 0.3) is 5.91 Å². The third-order valence-electron chi connectivity index (χ3n) is 5.30. The number of hydrogen-bond donors (Lipinski definition) is 1. The first-order chi connectivity index (χ1) is 12.4. The molecule has 1 aromatic carbocycles. The zero-order chi connectivity index (χ0) is 18.6. The Hall–Kier alpha value is -1.27. The second-order valence-corrected chi connectivity index (χ2v) is 10.0. The first-order valence-corrected chi connectivity index (χ1v) is 11.5. The fourth-order valence-corrected chi connectivity index (χ4v) is 5.50. The highest BCUT2D eigenvalue weighted by Crippen LogP contribution is 2.38. The predicted molar refractivity (Wildman–Crippen MR) is 103 cm³/mol. The van der Waals surface area contributed by atoms with Crippen LogP contribution in [-0.2, 0) is 14.6 Å². The normalized spacial score (nSPS) is 21.3. The number of benzene rings is 1. The van der Waals surface area contributed by atoms with E-state index in [1.54, 1.807) is 6.07 Å². The van der Waals surface area contributed by atoms with Crippen molar-refractivity contribution in [3.05, 3.63) is 28.8 Å². The molecule has 0 spiro atoms. The van der Waals surface area contributed by atoms with Crippen molar-refractivity contribution in [3.8, 4) is 5.75 Å². The Morgan fingerprint density at radius 3 is 2.50 bits per heavy atom. The third kappa shape index (κ3) is 5.36. The van der Waals surface area contributed by atoms with E-state index >= 15 is 0 Å². The molecule has 26 heavy (non-hydrogen) atoms. The SMILES string of the molecule is O=C(COc1ccc(Cl)cc1C1CCCCC1)NC1CCS(=O)(=O)CC1. The van der Waals surface area contributed by atoms with Gasteiger partial charge in [0.15, 0.2) is 6.61 Å². The summed E-state index contributed by atoms with van der Waals surface area (Å²) in [6, 6.07) is 5.49. The molecule has 1 saturated heterocycles. The summed E-state index contributed by atoms with van der Waals surface area (Å²) in [5.41, 5.74) is 1.09. The zero-order valence-corrected chi connectivity index (χ0v) is 16.4. The first-order valence-electron chi connectivity index (χ1n) is 9.35. The number of hydrogen-bond acceptors (Lipinski definition) is 4. The molecule has 0 unspecified atom stereocenters. The zero-order valence-electron chi connectivity index (χ0n) is 14.9. The summed E-state index contributed by atoms with van der Waals surface area (Å²) in [7, 11) is -2.92. The number of amides is 1. The molecule has 1 aliphatic carbocycles. The van der Waals surface area contributed by atoms with Gasteiger partial charge in [-0.05, 0) is 55.4 Å². The molecule has 2 fully saturated rings. The average molecular weight is 400 g/mol. The van der Waals surface area contributed by atoms with Gasteiger partial charge in [0, 0.05) is 11.1 Å². The molecule has 0 bridgehead atoms. The van der Waals surface area contributed by atoms with E-state index in [4.69, 9.17) is 16.3 Å². The van der Waals surface area contributed by atoms with Crippen LogP contribution in [0.3, 0.4) is 0 Å². The molecule has 5 nitrogen and oxygen atoms in total. The van der Waals surface area contributed by atoms with Crippen molar-refractivity contribution in [2.24, 2.45) is 0 Å². The Morgan fingerprint density at radius 2 is 1.81 bits per heavy atom. The van der Waals surface area contributed by atoms with E-state index < -0.39 is 9.84 Å². The maximum absolute atomic E-state index is 12.2. The molecule has 0 radical (unpaired) electrons. The van der Waals surface area contributed by atoms with Crippen molar-refractivity contribution in [2.75, 3.05) is 18.1 Å². The molecule has 1 amide bonds. The summed E-state index contributed by atoms with van der Waals surface area (Å²) >= 11 is 6.17. The van der Waals surface area contributed by atoms with Crippen LogP contribution < -0.4 is 10.1 Å². The Balaban J connectivity index is 1.56. The number of carbonyl (C=O) groups is 1. The smallest absolute Gasteiger partial charge is 0.258 e. The summed E-state index contributed by atoms with van der Waals surface area (Å²) in [4.78, 5) is 12.2. The van der Waals surface area contributed by atoms with Crippen LogP contribution in [0.1, 0.15) is 56.4 Å². The molecule has 3 rings (SSSR count). The highest BCUT2D eigenvalue weighted by molar-refractivity contribution is 7.91. The first kappa shape index (κ1) is 19.5. The maximum atomic E-state index is 12.2. The van der Waals surface area contributed by atoms with Crippen LogP contribution in [0.2, 0.25) is 5.02 Å². The molecular formula is C19H26ClNO4S. The van der Waals surface area contributed by atoms with Crippen LogP contribution in [0.15, 0.2) is 18.2 Å². The van der Waals surface area contributed by atoms with Crippen molar-refractivity contribution < 1.29 is 17.9 Å². The Bertz CT molecular complexity index is 730. The van der Waals surface area contributed by atoms with Gasteiger partial charge in [0.1, 0.15) is 15.6 Å². The van der Waals surface area contributed by atoms with Crippen molar-refractivity contribution in [2.45, 2.75) is 56.9 Å². The highest BCUT2D eigenvalue weighted by atomic mass is 35.5. The van der Waals surface area contributed by atoms with E-state index in [1.165, 1.54) is 19.3 Å². The van der Waals surface area contributed by atoms with Gasteiger partial charge in [0.2, 0.25) is 0 Å². The topological polar surface area (TPSA) is 72.5 Å². The molecule has 1 saturated carbocycles. The minimum atomic E-state index is -2.92. The lowest BCUT2D eigenvalue weighted by molar-refractivity contribution is -0.123. The fourth-order valence-electron chi connectivity index (χ4n) is 3.83. The molecule has 2 aliphatic rings. The van der Waals surface area contributed by atoms with Crippen LogP contribution in [0.25, 0.3) is 0 Å². The molecule has 1 N–H and O–H groups in total. The summed E-state index contributed by atoms with van der Waals surface area (Å²) in [6.07, 6.45) is 6.89. The molecule has 7 heteroatoms. The Kier molecular flexibility index (Phi) is 6.46. The quantitative estimate of drug-likeness (QED) is 0.822. The van der Waals surface area contributed by atoms with E-state index in [1.807, 2.05) is 12.1 Å². The fraction of sp³-hybridized carbons (Fsp3) is 0.632. The lowest BCUT2D eigenvalue weighted by Crippen LogP contribution is -2.42.